The fourth-order valence-corrected chi connectivity index (χ4v) is 2.01. The van der Waals surface area contributed by atoms with Crippen molar-refractivity contribution in [1.29, 1.82) is 0 Å². The normalized spacial score (nSPS) is 12.7. The number of hydrogen-bond donors (Lipinski definition) is 1. The summed E-state index contributed by atoms with van der Waals surface area (Å²) in [4.78, 5) is 0. The third-order valence-electron chi connectivity index (χ3n) is 2.30. The quantitative estimate of drug-likeness (QED) is 0.896. The first-order valence-corrected chi connectivity index (χ1v) is 5.33. The van der Waals surface area contributed by atoms with Crippen LogP contribution in [0.5, 0.6) is 0 Å². The summed E-state index contributed by atoms with van der Waals surface area (Å²) in [6.07, 6.45) is 0. The van der Waals surface area contributed by atoms with E-state index in [4.69, 9.17) is 28.9 Å². The van der Waals surface area contributed by atoms with E-state index in [-0.39, 0.29) is 12.0 Å². The zero-order valence-corrected chi connectivity index (χ0v) is 9.94. The van der Waals surface area contributed by atoms with Crippen LogP contribution in [0.1, 0.15) is 18.5 Å². The van der Waals surface area contributed by atoms with Crippen molar-refractivity contribution in [2.45, 2.75) is 13.0 Å². The molecule has 2 rings (SSSR count). The molecule has 0 aliphatic carbocycles. The molecule has 0 saturated heterocycles. The molecule has 5 nitrogen and oxygen atoms in total. The minimum Gasteiger partial charge on any atom is -0.367 e. The van der Waals surface area contributed by atoms with Crippen LogP contribution in [0.2, 0.25) is 10.0 Å². The van der Waals surface area contributed by atoms with Gasteiger partial charge in [0.05, 0.1) is 6.04 Å². The van der Waals surface area contributed by atoms with E-state index in [9.17, 15) is 0 Å². The molecule has 0 aliphatic rings. The van der Waals surface area contributed by atoms with Gasteiger partial charge in [0.25, 0.3) is 0 Å². The lowest BCUT2D eigenvalue weighted by atomic mass is 10.1. The summed E-state index contributed by atoms with van der Waals surface area (Å²) in [6.45, 7) is 1.90. The smallest absolute Gasteiger partial charge is 0.240 e. The average Bonchev–Trinajstić information content (AvgIpc) is 2.63. The maximum absolute atomic E-state index is 6.09. The monoisotopic (exact) mass is 257 g/mol. The van der Waals surface area contributed by atoms with Gasteiger partial charge in [-0.1, -0.05) is 34.4 Å². The van der Waals surface area contributed by atoms with Crippen molar-refractivity contribution in [2.24, 2.45) is 0 Å². The highest BCUT2D eigenvalue weighted by molar-refractivity contribution is 6.35. The van der Waals surface area contributed by atoms with Crippen LogP contribution in [0, 0.1) is 0 Å². The van der Waals surface area contributed by atoms with Gasteiger partial charge in [-0.3, -0.25) is 0 Å². The first-order chi connectivity index (χ1) is 7.59. The third kappa shape index (κ3) is 1.96. The highest BCUT2D eigenvalue weighted by Crippen LogP contribution is 2.28. The highest BCUT2D eigenvalue weighted by Gasteiger charge is 2.15. The highest BCUT2D eigenvalue weighted by atomic mass is 35.5. The van der Waals surface area contributed by atoms with E-state index >= 15 is 0 Å². The Hall–Kier alpha value is -1.33. The molecule has 1 unspecified atom stereocenters. The molecule has 0 radical (unpaired) electrons. The Kier molecular flexibility index (Phi) is 2.98. The van der Waals surface area contributed by atoms with Crippen molar-refractivity contribution in [1.82, 2.24) is 20.2 Å². The van der Waals surface area contributed by atoms with Crippen LogP contribution in [0.3, 0.4) is 0 Å². The number of halogens is 2. The summed E-state index contributed by atoms with van der Waals surface area (Å²) in [7, 11) is 0. The van der Waals surface area contributed by atoms with Gasteiger partial charge in [0, 0.05) is 10.0 Å². The lowest BCUT2D eigenvalue weighted by Crippen LogP contribution is -2.12. The van der Waals surface area contributed by atoms with E-state index in [0.29, 0.717) is 10.0 Å². The van der Waals surface area contributed by atoms with Crippen molar-refractivity contribution < 1.29 is 0 Å². The molecule has 1 aromatic carbocycles. The maximum Gasteiger partial charge on any atom is 0.240 e. The summed E-state index contributed by atoms with van der Waals surface area (Å²) in [5.74, 6) is 0.249. The van der Waals surface area contributed by atoms with Gasteiger partial charge in [-0.2, -0.15) is 0 Å². The molecule has 16 heavy (non-hydrogen) atoms. The van der Waals surface area contributed by atoms with Gasteiger partial charge in [0.1, 0.15) is 0 Å². The zero-order chi connectivity index (χ0) is 11.7. The molecule has 0 amide bonds. The second-order valence-corrected chi connectivity index (χ2v) is 4.17. The van der Waals surface area contributed by atoms with Crippen molar-refractivity contribution in [3.05, 3.63) is 33.8 Å². The molecule has 0 fully saturated rings. The van der Waals surface area contributed by atoms with Crippen LogP contribution >= 0.6 is 23.2 Å². The fourth-order valence-electron chi connectivity index (χ4n) is 1.45. The second-order valence-electron chi connectivity index (χ2n) is 3.32. The standard InChI is InChI=1S/C9H9Cl2N5/c1-5(16-9(12)13-14-15-16)7-3-2-6(10)4-8(7)11/h2-5H,1H3,(H2,12,13,15). The molecule has 1 atom stereocenters. The minimum absolute atomic E-state index is 0.139. The van der Waals surface area contributed by atoms with Crippen molar-refractivity contribution in [2.75, 3.05) is 5.73 Å². The van der Waals surface area contributed by atoms with E-state index in [0.717, 1.165) is 5.56 Å². The van der Waals surface area contributed by atoms with Crippen LogP contribution in [-0.2, 0) is 0 Å². The Balaban J connectivity index is 2.41. The number of nitrogens with two attached hydrogens (primary N) is 1. The SMILES string of the molecule is CC(c1ccc(Cl)cc1Cl)n1nnnc1N. The predicted octanol–water partition coefficient (Wildman–Crippen LogP) is 2.17. The van der Waals surface area contributed by atoms with Crippen LogP contribution in [-0.4, -0.2) is 20.2 Å². The van der Waals surface area contributed by atoms with Crippen molar-refractivity contribution in [3.63, 3.8) is 0 Å². The van der Waals surface area contributed by atoms with Crippen LogP contribution in [0.25, 0.3) is 0 Å². The predicted molar refractivity (Wildman–Crippen MR) is 62.5 cm³/mol. The number of aromatic nitrogens is 4. The maximum atomic E-state index is 6.09. The number of nitrogens with zero attached hydrogens (tertiary/aromatic N) is 4. The number of nitrogen functional groups attached to an aromatic ring is 1. The largest absolute Gasteiger partial charge is 0.367 e. The summed E-state index contributed by atoms with van der Waals surface area (Å²) < 4.78 is 1.50. The molecule has 0 spiro atoms. The van der Waals surface area contributed by atoms with Gasteiger partial charge in [-0.05, 0) is 35.0 Å². The van der Waals surface area contributed by atoms with Gasteiger partial charge < -0.3 is 5.73 Å². The Labute approximate surface area is 102 Å². The molecule has 1 heterocycles. The molecule has 84 valence electrons. The van der Waals surface area contributed by atoms with Crippen molar-refractivity contribution >= 4 is 29.2 Å². The first-order valence-electron chi connectivity index (χ1n) is 4.58. The lowest BCUT2D eigenvalue weighted by molar-refractivity contribution is 0.550. The van der Waals surface area contributed by atoms with E-state index in [1.807, 2.05) is 13.0 Å². The average molecular weight is 258 g/mol. The van der Waals surface area contributed by atoms with E-state index < -0.39 is 0 Å². The zero-order valence-electron chi connectivity index (χ0n) is 8.43. The second kappa shape index (κ2) is 4.27. The molecule has 1 aromatic heterocycles. The summed E-state index contributed by atoms with van der Waals surface area (Å²) in [6, 6.07) is 5.13. The third-order valence-corrected chi connectivity index (χ3v) is 2.86. The first kappa shape index (κ1) is 11.2. The molecule has 0 bridgehead atoms. The lowest BCUT2D eigenvalue weighted by Gasteiger charge is -2.13. The Morgan fingerprint density at radius 2 is 2.12 bits per heavy atom. The molecular formula is C9H9Cl2N5. The van der Waals surface area contributed by atoms with E-state index in [2.05, 4.69) is 15.5 Å². The molecular weight excluding hydrogens is 249 g/mol. The van der Waals surface area contributed by atoms with Crippen LogP contribution < -0.4 is 5.73 Å². The van der Waals surface area contributed by atoms with Gasteiger partial charge in [0.15, 0.2) is 0 Å². The van der Waals surface area contributed by atoms with Crippen molar-refractivity contribution in [3.8, 4) is 0 Å². The molecule has 2 N–H and O–H groups in total. The summed E-state index contributed by atoms with van der Waals surface area (Å²) in [5, 5.41) is 12.1. The Morgan fingerprint density at radius 1 is 1.38 bits per heavy atom. The van der Waals surface area contributed by atoms with Gasteiger partial charge in [-0.25, -0.2) is 4.68 Å². The molecule has 2 aromatic rings. The summed E-state index contributed by atoms with van der Waals surface area (Å²) >= 11 is 11.9. The number of rotatable bonds is 2. The molecule has 0 saturated carbocycles. The Morgan fingerprint density at radius 3 is 2.69 bits per heavy atom. The van der Waals surface area contributed by atoms with E-state index in [1.54, 1.807) is 12.1 Å². The van der Waals surface area contributed by atoms with Gasteiger partial charge in [-0.15, -0.1) is 0 Å². The molecule has 7 heteroatoms. The minimum atomic E-state index is -0.139. The number of benzene rings is 1. The van der Waals surface area contributed by atoms with Crippen LogP contribution in [0.15, 0.2) is 18.2 Å². The Bertz CT molecular complexity index is 510. The number of hydrogen-bond acceptors (Lipinski definition) is 4. The summed E-state index contributed by atoms with van der Waals surface area (Å²) in [5.41, 5.74) is 6.48. The van der Waals surface area contributed by atoms with E-state index in [1.165, 1.54) is 4.68 Å². The number of tetrazole rings is 1. The van der Waals surface area contributed by atoms with Gasteiger partial charge in [0.2, 0.25) is 5.95 Å². The fraction of sp³-hybridized carbons (Fsp3) is 0.222. The van der Waals surface area contributed by atoms with Gasteiger partial charge >= 0.3 is 0 Å². The van der Waals surface area contributed by atoms with Crippen LogP contribution in [0.4, 0.5) is 5.95 Å². The number of anilines is 1. The topological polar surface area (TPSA) is 69.6 Å². The molecule has 0 aliphatic heterocycles.